The number of hydrogen-bond donors (Lipinski definition) is 4. The van der Waals surface area contributed by atoms with Gasteiger partial charge in [0.15, 0.2) is 0 Å². The van der Waals surface area contributed by atoms with E-state index < -0.39 is 40.0 Å². The van der Waals surface area contributed by atoms with Gasteiger partial charge in [0.1, 0.15) is 17.8 Å². The van der Waals surface area contributed by atoms with Crippen LogP contribution in [-0.4, -0.2) is 69.4 Å². The standard InChI is InChI=1S/C32H39N7O6S2/c1-21(2)18-23(31(42)37-24(29(40)33-3)19-22-10-5-4-6-11-22)38-32(43)28(47-46-27-13-8-7-12-26(27)39(44)45)14-9-15-36-30(41)25-20-34-16-17-35-25/h4-8,10-13,16-17,20-21,23-24,28H,9,14-15,18-19H2,1-3H3,(H,33,40)(H,36,41)(H,37,42)(H,38,43)/t23-,24-,28?/m0/s1. The van der Waals surface area contributed by atoms with Crippen molar-refractivity contribution in [2.45, 2.75) is 61.8 Å². The van der Waals surface area contributed by atoms with Gasteiger partial charge in [0, 0.05) is 38.5 Å². The Kier molecular flexibility index (Phi) is 15.1. The molecule has 0 aliphatic carbocycles. The van der Waals surface area contributed by atoms with Gasteiger partial charge in [0.05, 0.1) is 21.3 Å². The number of nitro groups is 1. The molecule has 0 aliphatic heterocycles. The number of rotatable bonds is 18. The van der Waals surface area contributed by atoms with E-state index in [-0.39, 0.29) is 42.6 Å². The highest BCUT2D eigenvalue weighted by Gasteiger charge is 2.30. The summed E-state index contributed by atoms with van der Waals surface area (Å²) in [6, 6.07) is 13.7. The summed E-state index contributed by atoms with van der Waals surface area (Å²) in [5.74, 6) is -1.68. The third kappa shape index (κ3) is 12.3. The number of nitro benzene ring substituents is 1. The van der Waals surface area contributed by atoms with E-state index in [0.29, 0.717) is 17.7 Å². The first-order valence-electron chi connectivity index (χ1n) is 15.1. The average molecular weight is 682 g/mol. The van der Waals surface area contributed by atoms with E-state index in [1.54, 1.807) is 18.2 Å². The molecule has 4 amide bonds. The predicted octanol–water partition coefficient (Wildman–Crippen LogP) is 3.71. The topological polar surface area (TPSA) is 185 Å². The van der Waals surface area contributed by atoms with Crippen molar-refractivity contribution in [3.63, 3.8) is 0 Å². The van der Waals surface area contributed by atoms with Crippen LogP contribution in [0.1, 0.15) is 49.2 Å². The third-order valence-corrected chi connectivity index (χ3v) is 9.66. The number of carbonyl (C=O) groups excluding carboxylic acids is 4. The molecule has 3 aromatic rings. The van der Waals surface area contributed by atoms with Crippen LogP contribution in [0.3, 0.4) is 0 Å². The number of hydrogen-bond acceptors (Lipinski definition) is 10. The van der Waals surface area contributed by atoms with E-state index in [1.807, 2.05) is 44.2 Å². The van der Waals surface area contributed by atoms with Crippen LogP contribution in [0.5, 0.6) is 0 Å². The summed E-state index contributed by atoms with van der Waals surface area (Å²) in [5, 5.41) is 21.9. The fourth-order valence-electron chi connectivity index (χ4n) is 4.48. The lowest BCUT2D eigenvalue weighted by Gasteiger charge is -2.25. The Labute approximate surface area is 281 Å². The van der Waals surface area contributed by atoms with Crippen LogP contribution >= 0.6 is 21.6 Å². The first-order valence-corrected chi connectivity index (χ1v) is 17.3. The molecule has 13 nitrogen and oxygen atoms in total. The highest BCUT2D eigenvalue weighted by atomic mass is 33.1. The Morgan fingerprint density at radius 3 is 2.28 bits per heavy atom. The van der Waals surface area contributed by atoms with Crippen molar-refractivity contribution in [1.29, 1.82) is 0 Å². The number of carbonyl (C=O) groups is 4. The number of nitrogens with zero attached hydrogens (tertiary/aromatic N) is 3. The van der Waals surface area contributed by atoms with Crippen LogP contribution in [0.25, 0.3) is 0 Å². The predicted molar refractivity (Wildman–Crippen MR) is 181 cm³/mol. The highest BCUT2D eigenvalue weighted by molar-refractivity contribution is 8.77. The zero-order valence-electron chi connectivity index (χ0n) is 26.4. The summed E-state index contributed by atoms with van der Waals surface area (Å²) in [5.41, 5.74) is 0.935. The van der Waals surface area contributed by atoms with Crippen molar-refractivity contribution >= 4 is 50.9 Å². The van der Waals surface area contributed by atoms with Crippen LogP contribution in [0.2, 0.25) is 0 Å². The molecule has 0 saturated carbocycles. The Morgan fingerprint density at radius 2 is 1.62 bits per heavy atom. The van der Waals surface area contributed by atoms with Crippen LogP contribution in [0, 0.1) is 16.0 Å². The Bertz CT molecular complexity index is 1500. The molecule has 0 radical (unpaired) electrons. The second-order valence-corrected chi connectivity index (χ2v) is 13.4. The largest absolute Gasteiger partial charge is 0.357 e. The van der Waals surface area contributed by atoms with Gasteiger partial charge in [0.2, 0.25) is 17.7 Å². The fourth-order valence-corrected chi connectivity index (χ4v) is 7.11. The maximum absolute atomic E-state index is 13.8. The van der Waals surface area contributed by atoms with E-state index in [1.165, 1.54) is 31.7 Å². The van der Waals surface area contributed by atoms with Crippen LogP contribution in [0.4, 0.5) is 5.69 Å². The van der Waals surface area contributed by atoms with E-state index in [4.69, 9.17) is 0 Å². The molecule has 0 saturated heterocycles. The lowest BCUT2D eigenvalue weighted by molar-refractivity contribution is -0.387. The minimum Gasteiger partial charge on any atom is -0.357 e. The second kappa shape index (κ2) is 19.2. The third-order valence-electron chi connectivity index (χ3n) is 6.84. The van der Waals surface area contributed by atoms with Crippen molar-refractivity contribution in [1.82, 2.24) is 31.2 Å². The van der Waals surface area contributed by atoms with Gasteiger partial charge in [-0.05, 0) is 47.6 Å². The summed E-state index contributed by atoms with van der Waals surface area (Å²) in [6.45, 7) is 4.07. The highest BCUT2D eigenvalue weighted by Crippen LogP contribution is 2.40. The van der Waals surface area contributed by atoms with E-state index in [0.717, 1.165) is 27.2 Å². The molecule has 2 aromatic carbocycles. The zero-order valence-corrected chi connectivity index (χ0v) is 28.0. The molecule has 0 fully saturated rings. The molecule has 4 N–H and O–H groups in total. The number of nitrogens with one attached hydrogen (secondary N) is 4. The normalized spacial score (nSPS) is 12.8. The van der Waals surface area contributed by atoms with Gasteiger partial charge in [-0.2, -0.15) is 0 Å². The van der Waals surface area contributed by atoms with Gasteiger partial charge in [-0.15, -0.1) is 0 Å². The van der Waals surface area contributed by atoms with Gasteiger partial charge < -0.3 is 21.3 Å². The van der Waals surface area contributed by atoms with Gasteiger partial charge in [-0.25, -0.2) is 4.98 Å². The summed E-state index contributed by atoms with van der Waals surface area (Å²) in [7, 11) is 3.72. The maximum Gasteiger partial charge on any atom is 0.283 e. The van der Waals surface area contributed by atoms with Crippen molar-refractivity contribution in [2.75, 3.05) is 13.6 Å². The zero-order chi connectivity index (χ0) is 34.2. The Hall–Kier alpha value is -4.50. The SMILES string of the molecule is CNC(=O)[C@H](Cc1ccccc1)NC(=O)[C@H](CC(C)C)NC(=O)C(CCCNC(=O)c1cnccn1)SSc1ccccc1[N+](=O)[O-]. The minimum atomic E-state index is -0.944. The smallest absolute Gasteiger partial charge is 0.283 e. The van der Waals surface area contributed by atoms with Gasteiger partial charge in [-0.3, -0.25) is 34.3 Å². The van der Waals surface area contributed by atoms with Crippen molar-refractivity contribution in [3.05, 3.63) is 94.6 Å². The van der Waals surface area contributed by atoms with Crippen molar-refractivity contribution in [2.24, 2.45) is 5.92 Å². The van der Waals surface area contributed by atoms with E-state index in [9.17, 15) is 29.3 Å². The van der Waals surface area contributed by atoms with Gasteiger partial charge in [-0.1, -0.05) is 67.1 Å². The van der Waals surface area contributed by atoms with Crippen molar-refractivity contribution in [3.8, 4) is 0 Å². The summed E-state index contributed by atoms with van der Waals surface area (Å²) < 4.78 is 0. The number of likely N-dealkylation sites (N-methyl/N-ethyl adjacent to an activating group) is 1. The molecule has 0 spiro atoms. The number of amides is 4. The molecular weight excluding hydrogens is 643 g/mol. The number of para-hydroxylation sites is 1. The first kappa shape index (κ1) is 37.0. The minimum absolute atomic E-state index is 0.0300. The average Bonchev–Trinajstić information content (AvgIpc) is 3.07. The molecule has 250 valence electrons. The molecule has 3 rings (SSSR count). The van der Waals surface area contributed by atoms with Crippen LogP contribution < -0.4 is 21.3 Å². The lowest BCUT2D eigenvalue weighted by Crippen LogP contribution is -2.55. The van der Waals surface area contributed by atoms with Gasteiger partial charge >= 0.3 is 0 Å². The maximum atomic E-state index is 13.8. The summed E-state index contributed by atoms with van der Waals surface area (Å²) in [4.78, 5) is 71.7. The molecule has 1 unspecified atom stereocenters. The molecule has 3 atom stereocenters. The number of benzene rings is 2. The van der Waals surface area contributed by atoms with E-state index in [2.05, 4.69) is 31.2 Å². The molecule has 1 heterocycles. The lowest BCUT2D eigenvalue weighted by atomic mass is 10.0. The fraction of sp³-hybridized carbons (Fsp3) is 0.375. The first-order chi connectivity index (χ1) is 22.6. The molecule has 1 aromatic heterocycles. The molecule has 47 heavy (non-hydrogen) atoms. The van der Waals surface area contributed by atoms with E-state index >= 15 is 0 Å². The second-order valence-electron chi connectivity index (χ2n) is 10.9. The van der Waals surface area contributed by atoms with Crippen LogP contribution in [0.15, 0.2) is 78.1 Å². The molecule has 15 heteroatoms. The van der Waals surface area contributed by atoms with Crippen LogP contribution in [-0.2, 0) is 20.8 Å². The number of aromatic nitrogens is 2. The van der Waals surface area contributed by atoms with Crippen molar-refractivity contribution < 1.29 is 24.1 Å². The Morgan fingerprint density at radius 1 is 0.915 bits per heavy atom. The molecule has 0 aliphatic rings. The monoisotopic (exact) mass is 681 g/mol. The molecule has 0 bridgehead atoms. The summed E-state index contributed by atoms with van der Waals surface area (Å²) >= 11 is 0. The molecular formula is C32H39N7O6S2. The van der Waals surface area contributed by atoms with Gasteiger partial charge in [0.25, 0.3) is 11.6 Å². The summed E-state index contributed by atoms with van der Waals surface area (Å²) in [6.07, 6.45) is 5.47. The quantitative estimate of drug-likeness (QED) is 0.0668. The Balaban J connectivity index is 1.74.